The number of ether oxygens (including phenoxy) is 1. The number of aliphatic hydroxyl groups is 1. The van der Waals surface area contributed by atoms with Gasteiger partial charge in [0.2, 0.25) is 0 Å². The second-order valence-corrected chi connectivity index (χ2v) is 6.25. The van der Waals surface area contributed by atoms with Gasteiger partial charge >= 0.3 is 5.97 Å². The van der Waals surface area contributed by atoms with Crippen LogP contribution in [0.2, 0.25) is 0 Å². The molecular formula is C22H22N2O4. The summed E-state index contributed by atoms with van der Waals surface area (Å²) in [7, 11) is 0. The second kappa shape index (κ2) is 8.99. The van der Waals surface area contributed by atoms with Crippen molar-refractivity contribution in [2.45, 2.75) is 26.3 Å². The molecule has 1 heterocycles. The number of hydrogen-bond donors (Lipinski definition) is 1. The molecule has 6 nitrogen and oxygen atoms in total. The Bertz CT molecular complexity index is 1060. The van der Waals surface area contributed by atoms with Crippen LogP contribution in [-0.2, 0) is 16.1 Å². The number of nitrogens with zero attached hydrogens (tertiary/aromatic N) is 2. The zero-order valence-corrected chi connectivity index (χ0v) is 15.7. The molecule has 2 aromatic carbocycles. The molecule has 0 atom stereocenters. The zero-order chi connectivity index (χ0) is 19.9. The first kappa shape index (κ1) is 19.4. The summed E-state index contributed by atoms with van der Waals surface area (Å²) in [6, 6.07) is 16.3. The highest BCUT2D eigenvalue weighted by atomic mass is 16.5. The van der Waals surface area contributed by atoms with Gasteiger partial charge in [-0.3, -0.25) is 9.59 Å². The zero-order valence-electron chi connectivity index (χ0n) is 15.7. The number of aryl methyl sites for hydroxylation is 1. The van der Waals surface area contributed by atoms with Gasteiger partial charge in [-0.15, -0.1) is 0 Å². The van der Waals surface area contributed by atoms with Crippen molar-refractivity contribution in [2.75, 3.05) is 6.61 Å². The standard InChI is InChI=1S/C22H22N2O4/c1-2-28-21(26)13-8-14-24-19-12-7-6-11-17(19)23-18(22(24)27)15-20(25)16-9-4-3-5-10-16/h3-7,9-12,15,25H,2,8,13-14H2,1H3/b20-15-. The monoisotopic (exact) mass is 378 g/mol. The van der Waals surface area contributed by atoms with Crippen molar-refractivity contribution in [3.63, 3.8) is 0 Å². The third-order valence-electron chi connectivity index (χ3n) is 4.29. The van der Waals surface area contributed by atoms with Gasteiger partial charge in [0.25, 0.3) is 5.56 Å². The molecule has 6 heteroatoms. The lowest BCUT2D eigenvalue weighted by molar-refractivity contribution is -0.143. The lowest BCUT2D eigenvalue weighted by atomic mass is 10.1. The Morgan fingerprint density at radius 3 is 2.61 bits per heavy atom. The molecule has 144 valence electrons. The fourth-order valence-corrected chi connectivity index (χ4v) is 2.96. The van der Waals surface area contributed by atoms with E-state index in [9.17, 15) is 14.7 Å². The Morgan fingerprint density at radius 1 is 1.14 bits per heavy atom. The topological polar surface area (TPSA) is 81.4 Å². The first-order valence-electron chi connectivity index (χ1n) is 9.21. The molecule has 0 saturated carbocycles. The Balaban J connectivity index is 1.97. The van der Waals surface area contributed by atoms with E-state index >= 15 is 0 Å². The SMILES string of the molecule is CCOC(=O)CCCn1c(=O)c(/C=C(\O)c2ccccc2)nc2ccccc21. The van der Waals surface area contributed by atoms with Crippen molar-refractivity contribution >= 4 is 28.8 Å². The van der Waals surface area contributed by atoms with E-state index < -0.39 is 0 Å². The quantitative estimate of drug-likeness (QED) is 0.500. The fourth-order valence-electron chi connectivity index (χ4n) is 2.96. The largest absolute Gasteiger partial charge is 0.507 e. The second-order valence-electron chi connectivity index (χ2n) is 6.25. The van der Waals surface area contributed by atoms with Crippen LogP contribution in [0.15, 0.2) is 59.4 Å². The number of carbonyl (C=O) groups is 1. The molecule has 0 fully saturated rings. The minimum absolute atomic E-state index is 0.0291. The number of aliphatic hydroxyl groups excluding tert-OH is 1. The fraction of sp³-hybridized carbons (Fsp3) is 0.227. The molecule has 0 aliphatic heterocycles. The van der Waals surface area contributed by atoms with Crippen LogP contribution >= 0.6 is 0 Å². The van der Waals surface area contributed by atoms with Gasteiger partial charge in [-0.25, -0.2) is 4.98 Å². The summed E-state index contributed by atoms with van der Waals surface area (Å²) in [4.78, 5) is 29.0. The number of esters is 1. The van der Waals surface area contributed by atoms with Crippen LogP contribution in [0.4, 0.5) is 0 Å². The molecule has 0 aliphatic carbocycles. The normalized spacial score (nSPS) is 11.5. The summed E-state index contributed by atoms with van der Waals surface area (Å²) >= 11 is 0. The van der Waals surface area contributed by atoms with Crippen molar-refractivity contribution in [3.05, 3.63) is 76.2 Å². The van der Waals surface area contributed by atoms with Crippen LogP contribution in [-0.4, -0.2) is 27.2 Å². The first-order chi connectivity index (χ1) is 13.6. The van der Waals surface area contributed by atoms with E-state index in [0.29, 0.717) is 36.2 Å². The molecule has 0 unspecified atom stereocenters. The predicted molar refractivity (Wildman–Crippen MR) is 109 cm³/mol. The molecule has 3 rings (SSSR count). The molecule has 3 aromatic rings. The minimum Gasteiger partial charge on any atom is -0.507 e. The van der Waals surface area contributed by atoms with Gasteiger partial charge in [0, 0.05) is 24.6 Å². The van der Waals surface area contributed by atoms with Crippen LogP contribution < -0.4 is 5.56 Å². The van der Waals surface area contributed by atoms with Gasteiger partial charge in [-0.1, -0.05) is 42.5 Å². The van der Waals surface area contributed by atoms with Crippen molar-refractivity contribution in [2.24, 2.45) is 0 Å². The maximum absolute atomic E-state index is 13.0. The Labute approximate surface area is 162 Å². The third kappa shape index (κ3) is 4.46. The molecule has 0 aliphatic rings. The number of aromatic nitrogens is 2. The minimum atomic E-state index is -0.315. The number of fused-ring (bicyclic) bond motifs is 1. The highest BCUT2D eigenvalue weighted by Crippen LogP contribution is 2.16. The molecule has 0 saturated heterocycles. The van der Waals surface area contributed by atoms with Crippen LogP contribution in [0.3, 0.4) is 0 Å². The lowest BCUT2D eigenvalue weighted by Gasteiger charge is -2.11. The highest BCUT2D eigenvalue weighted by Gasteiger charge is 2.11. The van der Waals surface area contributed by atoms with E-state index in [1.807, 2.05) is 30.3 Å². The van der Waals surface area contributed by atoms with E-state index in [0.717, 1.165) is 0 Å². The van der Waals surface area contributed by atoms with E-state index in [4.69, 9.17) is 4.74 Å². The number of carbonyl (C=O) groups excluding carboxylic acids is 1. The van der Waals surface area contributed by atoms with E-state index in [1.54, 1.807) is 35.8 Å². The number of rotatable bonds is 7. The van der Waals surface area contributed by atoms with E-state index in [1.165, 1.54) is 6.08 Å². The Morgan fingerprint density at radius 2 is 1.86 bits per heavy atom. The Hall–Kier alpha value is -3.41. The Kier molecular flexibility index (Phi) is 6.22. The third-order valence-corrected chi connectivity index (χ3v) is 4.29. The molecule has 0 spiro atoms. The average molecular weight is 378 g/mol. The van der Waals surface area contributed by atoms with E-state index in [-0.39, 0.29) is 29.4 Å². The lowest BCUT2D eigenvalue weighted by Crippen LogP contribution is -2.25. The van der Waals surface area contributed by atoms with Gasteiger partial charge < -0.3 is 14.4 Å². The molecule has 0 bridgehead atoms. The van der Waals surface area contributed by atoms with Crippen LogP contribution in [0.25, 0.3) is 22.9 Å². The van der Waals surface area contributed by atoms with Gasteiger partial charge in [0.1, 0.15) is 11.5 Å². The predicted octanol–water partition coefficient (Wildman–Crippen LogP) is 3.80. The summed E-state index contributed by atoms with van der Waals surface area (Å²) in [6.07, 6.45) is 2.09. The molecule has 28 heavy (non-hydrogen) atoms. The molecule has 0 radical (unpaired) electrons. The van der Waals surface area contributed by atoms with Crippen molar-refractivity contribution in [1.82, 2.24) is 9.55 Å². The van der Waals surface area contributed by atoms with Gasteiger partial charge in [0.05, 0.1) is 17.6 Å². The van der Waals surface area contributed by atoms with Crippen LogP contribution in [0.5, 0.6) is 0 Å². The van der Waals surface area contributed by atoms with Crippen molar-refractivity contribution in [1.29, 1.82) is 0 Å². The number of hydrogen-bond acceptors (Lipinski definition) is 5. The van der Waals surface area contributed by atoms with Crippen molar-refractivity contribution < 1.29 is 14.6 Å². The van der Waals surface area contributed by atoms with Crippen LogP contribution in [0, 0.1) is 0 Å². The summed E-state index contributed by atoms with van der Waals surface area (Å²) in [6.45, 7) is 2.45. The molecular weight excluding hydrogens is 356 g/mol. The van der Waals surface area contributed by atoms with Gasteiger partial charge in [-0.2, -0.15) is 0 Å². The number of para-hydroxylation sites is 2. The number of benzene rings is 2. The van der Waals surface area contributed by atoms with Crippen molar-refractivity contribution in [3.8, 4) is 0 Å². The summed E-state index contributed by atoms with van der Waals surface area (Å²) < 4.78 is 6.53. The summed E-state index contributed by atoms with van der Waals surface area (Å²) in [5, 5.41) is 10.4. The average Bonchev–Trinajstić information content (AvgIpc) is 2.71. The smallest absolute Gasteiger partial charge is 0.305 e. The molecule has 1 N–H and O–H groups in total. The molecule has 0 amide bonds. The van der Waals surface area contributed by atoms with E-state index in [2.05, 4.69) is 4.98 Å². The molecule has 1 aromatic heterocycles. The maximum atomic E-state index is 13.0. The maximum Gasteiger partial charge on any atom is 0.305 e. The highest BCUT2D eigenvalue weighted by molar-refractivity contribution is 5.79. The van der Waals surface area contributed by atoms with Crippen LogP contribution in [0.1, 0.15) is 31.0 Å². The summed E-state index contributed by atoms with van der Waals surface area (Å²) in [5.41, 5.74) is 1.77. The van der Waals surface area contributed by atoms with Gasteiger partial charge in [-0.05, 0) is 25.5 Å². The first-order valence-corrected chi connectivity index (χ1v) is 9.21. The summed E-state index contributed by atoms with van der Waals surface area (Å²) in [5.74, 6) is -0.311. The van der Waals surface area contributed by atoms with Gasteiger partial charge in [0.15, 0.2) is 0 Å².